The van der Waals surface area contributed by atoms with Crippen molar-refractivity contribution >= 4 is 23.1 Å². The van der Waals surface area contributed by atoms with Gasteiger partial charge < -0.3 is 25.3 Å². The summed E-state index contributed by atoms with van der Waals surface area (Å²) in [6.45, 7) is 2.69. The van der Waals surface area contributed by atoms with Gasteiger partial charge in [-0.1, -0.05) is 6.07 Å². The van der Waals surface area contributed by atoms with Crippen LogP contribution in [0, 0.1) is 0 Å². The van der Waals surface area contributed by atoms with Crippen molar-refractivity contribution in [3.8, 4) is 0 Å². The van der Waals surface area contributed by atoms with Crippen molar-refractivity contribution in [3.05, 3.63) is 23.8 Å². The summed E-state index contributed by atoms with van der Waals surface area (Å²) in [6, 6.07) is 5.37. The van der Waals surface area contributed by atoms with Crippen LogP contribution in [0.5, 0.6) is 0 Å². The summed E-state index contributed by atoms with van der Waals surface area (Å²) >= 11 is 0. The minimum Gasteiger partial charge on any atom is -1.00 e. The standard InChI is InChI=1S/C15H16N2O5.Li.H/c18-13(19)10-2-1-3-11-12(10)16-14(22-11)17-6-4-15(5-7-17)20-8-9-21-15;;/h1-3H,4-9H2,(H,18,19);;/q;+1;-1. The third-order valence-corrected chi connectivity index (χ3v) is 4.25. The second-order valence-corrected chi connectivity index (χ2v) is 5.55. The third kappa shape index (κ3) is 2.86. The first kappa shape index (κ1) is 16.3. The van der Waals surface area contributed by atoms with E-state index in [4.69, 9.17) is 13.9 Å². The molecule has 2 aliphatic heterocycles. The Morgan fingerprint density at radius 3 is 2.61 bits per heavy atom. The molecule has 0 radical (unpaired) electrons. The zero-order valence-electron chi connectivity index (χ0n) is 13.9. The SMILES string of the molecule is O=C(O)c1cccc2oc(N3CCC4(CC3)OCCO4)nc12.[H-].[Li+]. The number of fused-ring (bicyclic) bond motifs is 1. The molecular formula is C15H17LiN2O5. The molecule has 2 aliphatic rings. The largest absolute Gasteiger partial charge is 1.00 e. The summed E-state index contributed by atoms with van der Waals surface area (Å²) in [7, 11) is 0. The fourth-order valence-corrected chi connectivity index (χ4v) is 3.07. The molecule has 1 aromatic carbocycles. The van der Waals surface area contributed by atoms with Crippen molar-refractivity contribution in [2.45, 2.75) is 18.6 Å². The van der Waals surface area contributed by atoms with Gasteiger partial charge in [0.25, 0.3) is 6.01 Å². The van der Waals surface area contributed by atoms with Gasteiger partial charge in [-0.2, -0.15) is 4.98 Å². The summed E-state index contributed by atoms with van der Waals surface area (Å²) in [6.07, 6.45) is 1.50. The van der Waals surface area contributed by atoms with Gasteiger partial charge in [-0.05, 0) is 12.1 Å². The monoisotopic (exact) mass is 312 g/mol. The maximum atomic E-state index is 11.2. The molecule has 0 atom stereocenters. The van der Waals surface area contributed by atoms with Crippen LogP contribution in [0.15, 0.2) is 22.6 Å². The third-order valence-electron chi connectivity index (χ3n) is 4.25. The number of ether oxygens (including phenoxy) is 2. The van der Waals surface area contributed by atoms with Crippen LogP contribution < -0.4 is 23.8 Å². The fourth-order valence-electron chi connectivity index (χ4n) is 3.07. The van der Waals surface area contributed by atoms with Crippen molar-refractivity contribution in [1.29, 1.82) is 0 Å². The molecule has 0 bridgehead atoms. The van der Waals surface area contributed by atoms with E-state index in [1.54, 1.807) is 12.1 Å². The van der Waals surface area contributed by atoms with Gasteiger partial charge in [0.15, 0.2) is 11.4 Å². The Bertz CT molecular complexity index is 722. The zero-order chi connectivity index (χ0) is 15.2. The van der Waals surface area contributed by atoms with Crippen molar-refractivity contribution < 1.29 is 44.1 Å². The topological polar surface area (TPSA) is 85.0 Å². The fraction of sp³-hybridized carbons (Fsp3) is 0.467. The number of benzene rings is 1. The van der Waals surface area contributed by atoms with E-state index < -0.39 is 11.8 Å². The molecule has 4 rings (SSSR count). The molecule has 7 nitrogen and oxygen atoms in total. The van der Waals surface area contributed by atoms with Gasteiger partial charge in [-0.25, -0.2) is 4.79 Å². The van der Waals surface area contributed by atoms with E-state index in [0.717, 1.165) is 12.8 Å². The number of hydrogen-bond acceptors (Lipinski definition) is 6. The number of anilines is 1. The molecule has 1 aromatic heterocycles. The van der Waals surface area contributed by atoms with E-state index in [2.05, 4.69) is 4.98 Å². The molecule has 3 heterocycles. The Hall–Kier alpha value is -1.52. The van der Waals surface area contributed by atoms with Crippen LogP contribution in [-0.4, -0.2) is 48.2 Å². The van der Waals surface area contributed by atoms with E-state index >= 15 is 0 Å². The van der Waals surface area contributed by atoms with Crippen molar-refractivity contribution in [2.75, 3.05) is 31.2 Å². The number of nitrogens with zero attached hydrogens (tertiary/aromatic N) is 2. The minimum absolute atomic E-state index is 0. The van der Waals surface area contributed by atoms with Crippen LogP contribution >= 0.6 is 0 Å². The van der Waals surface area contributed by atoms with Gasteiger partial charge in [-0.15, -0.1) is 0 Å². The van der Waals surface area contributed by atoms with Gasteiger partial charge in [0.1, 0.15) is 5.52 Å². The van der Waals surface area contributed by atoms with Crippen molar-refractivity contribution in [3.63, 3.8) is 0 Å². The average molecular weight is 312 g/mol. The summed E-state index contributed by atoms with van der Waals surface area (Å²) in [4.78, 5) is 17.6. The predicted octanol–water partition coefficient (Wildman–Crippen LogP) is -1.01. The second-order valence-electron chi connectivity index (χ2n) is 5.55. The maximum absolute atomic E-state index is 11.2. The van der Waals surface area contributed by atoms with Crippen LogP contribution in [0.1, 0.15) is 24.6 Å². The Kier molecular flexibility index (Phi) is 4.38. The van der Waals surface area contributed by atoms with Crippen LogP contribution in [0.4, 0.5) is 6.01 Å². The van der Waals surface area contributed by atoms with Gasteiger partial charge in [0, 0.05) is 25.9 Å². The molecule has 0 saturated carbocycles. The number of rotatable bonds is 2. The van der Waals surface area contributed by atoms with Crippen LogP contribution in [-0.2, 0) is 9.47 Å². The zero-order valence-corrected chi connectivity index (χ0v) is 12.9. The molecule has 118 valence electrons. The summed E-state index contributed by atoms with van der Waals surface area (Å²) in [5, 5.41) is 9.21. The number of para-hydroxylation sites is 1. The van der Waals surface area contributed by atoms with E-state index in [9.17, 15) is 9.90 Å². The Morgan fingerprint density at radius 1 is 1.26 bits per heavy atom. The maximum Gasteiger partial charge on any atom is 1.00 e. The molecule has 8 heteroatoms. The molecule has 1 N–H and O–H groups in total. The van der Waals surface area contributed by atoms with E-state index in [1.807, 2.05) is 4.90 Å². The van der Waals surface area contributed by atoms with Gasteiger partial charge in [-0.3, -0.25) is 0 Å². The molecule has 0 amide bonds. The molecular weight excluding hydrogens is 295 g/mol. The smallest absolute Gasteiger partial charge is 1.00 e. The van der Waals surface area contributed by atoms with Crippen molar-refractivity contribution in [2.24, 2.45) is 0 Å². The van der Waals surface area contributed by atoms with Gasteiger partial charge in [0.05, 0.1) is 18.8 Å². The molecule has 0 aliphatic carbocycles. The first-order valence-electron chi connectivity index (χ1n) is 7.33. The molecule has 23 heavy (non-hydrogen) atoms. The van der Waals surface area contributed by atoms with Gasteiger partial charge in [0.2, 0.25) is 0 Å². The average Bonchev–Trinajstić information content (AvgIpc) is 3.14. The molecule has 2 fully saturated rings. The number of carbonyl (C=O) groups is 1. The number of carboxylic acid groups (broad SMARTS) is 1. The Balaban J connectivity index is 0.00000104. The van der Waals surface area contributed by atoms with Crippen LogP contribution in [0.3, 0.4) is 0 Å². The molecule has 2 saturated heterocycles. The number of aromatic carboxylic acids is 1. The van der Waals surface area contributed by atoms with Crippen molar-refractivity contribution in [1.82, 2.24) is 4.98 Å². The first-order chi connectivity index (χ1) is 10.7. The minimum atomic E-state index is -1.00. The number of hydrogen-bond donors (Lipinski definition) is 1. The number of oxazole rings is 1. The van der Waals surface area contributed by atoms with E-state index in [0.29, 0.717) is 43.4 Å². The first-order valence-corrected chi connectivity index (χ1v) is 7.33. The van der Waals surface area contributed by atoms with Crippen LogP contribution in [0.2, 0.25) is 0 Å². The van der Waals surface area contributed by atoms with Gasteiger partial charge >= 0.3 is 24.8 Å². The second kappa shape index (κ2) is 6.17. The summed E-state index contributed by atoms with van der Waals surface area (Å²) in [5.74, 6) is -1.45. The Labute approximate surface area is 146 Å². The number of piperidine rings is 1. The quantitative estimate of drug-likeness (QED) is 0.711. The van der Waals surface area contributed by atoms with E-state index in [-0.39, 0.29) is 25.9 Å². The molecule has 2 aromatic rings. The number of carboxylic acids is 1. The molecule has 1 spiro atoms. The molecule has 0 unspecified atom stereocenters. The normalized spacial score (nSPS) is 19.9. The van der Waals surface area contributed by atoms with Crippen LogP contribution in [0.25, 0.3) is 11.1 Å². The predicted molar refractivity (Wildman–Crippen MR) is 78.2 cm³/mol. The summed E-state index contributed by atoms with van der Waals surface area (Å²) < 4.78 is 17.1. The Morgan fingerprint density at radius 2 is 1.96 bits per heavy atom. The number of aromatic nitrogens is 1. The summed E-state index contributed by atoms with van der Waals surface area (Å²) in [5.41, 5.74) is 1.03. The van der Waals surface area contributed by atoms with E-state index in [1.165, 1.54) is 6.07 Å².